The predicted octanol–water partition coefficient (Wildman–Crippen LogP) is 2.62. The fraction of sp³-hybridized carbons (Fsp3) is 0.176. The third-order valence-corrected chi connectivity index (χ3v) is 6.26. The highest BCUT2D eigenvalue weighted by Crippen LogP contribution is 2.34. The van der Waals surface area contributed by atoms with Crippen LogP contribution in [0, 0.1) is 0 Å². The van der Waals surface area contributed by atoms with Gasteiger partial charge in [-0.25, -0.2) is 18.4 Å². The van der Waals surface area contributed by atoms with Gasteiger partial charge < -0.3 is 0 Å². The van der Waals surface area contributed by atoms with E-state index in [1.807, 2.05) is 12.1 Å². The average Bonchev–Trinajstić information content (AvgIpc) is 3.12. The van der Waals surface area contributed by atoms with Gasteiger partial charge in [-0.2, -0.15) is 0 Å². The summed E-state index contributed by atoms with van der Waals surface area (Å²) in [6.45, 7) is 0.150. The summed E-state index contributed by atoms with van der Waals surface area (Å²) < 4.78 is 25.1. The van der Waals surface area contributed by atoms with Crippen LogP contribution in [0.3, 0.4) is 0 Å². The molecule has 4 rings (SSSR count). The summed E-state index contributed by atoms with van der Waals surface area (Å²) in [6, 6.07) is 7.12. The molecule has 0 atom stereocenters. The molecule has 0 radical (unpaired) electrons. The lowest BCUT2D eigenvalue weighted by Crippen LogP contribution is -2.37. The molecule has 7 nitrogen and oxygen atoms in total. The van der Waals surface area contributed by atoms with Crippen molar-refractivity contribution in [2.45, 2.75) is 6.42 Å². The van der Waals surface area contributed by atoms with E-state index in [1.54, 1.807) is 30.7 Å². The van der Waals surface area contributed by atoms with Crippen LogP contribution in [0.2, 0.25) is 0 Å². The Balaban J connectivity index is 1.75. The monoisotopic (exact) mass is 386 g/mol. The molecule has 0 fully saturated rings. The van der Waals surface area contributed by atoms with Crippen molar-refractivity contribution in [3.63, 3.8) is 0 Å². The van der Waals surface area contributed by atoms with Gasteiger partial charge in [-0.05, 0) is 24.3 Å². The zero-order chi connectivity index (χ0) is 18.3. The molecule has 0 bridgehead atoms. The summed E-state index contributed by atoms with van der Waals surface area (Å²) in [4.78, 5) is 26.0. The predicted molar refractivity (Wildman–Crippen MR) is 99.7 cm³/mol. The maximum Gasteiger partial charge on any atom is 0.232 e. The lowest BCUT2D eigenvalue weighted by molar-refractivity contribution is 0.0977. The minimum atomic E-state index is -3.45. The smallest absolute Gasteiger partial charge is 0.232 e. The summed E-state index contributed by atoms with van der Waals surface area (Å²) in [5, 5.41) is 0.803. The number of carbonyl (C=O) groups excluding carboxylic acids is 1. The highest BCUT2D eigenvalue weighted by Gasteiger charge is 2.30. The lowest BCUT2D eigenvalue weighted by Gasteiger charge is -2.27. The van der Waals surface area contributed by atoms with E-state index in [-0.39, 0.29) is 24.4 Å². The Morgan fingerprint density at radius 1 is 1.19 bits per heavy atom. The first-order valence-corrected chi connectivity index (χ1v) is 10.5. The number of rotatable bonds is 3. The first-order valence-electron chi connectivity index (χ1n) is 7.82. The standard InChI is InChI=1S/C17H14N4O3S2/c1-26(23,24)21-8-6-14(22)16-13(21)5-4-12(20-16)15-10-19-17(25-15)11-3-2-7-18-9-11/h2-5,7,9-10H,6,8H2,1H3. The molecular weight excluding hydrogens is 372 g/mol. The molecule has 0 aromatic carbocycles. The molecular formula is C17H14N4O3S2. The van der Waals surface area contributed by atoms with E-state index in [9.17, 15) is 13.2 Å². The van der Waals surface area contributed by atoms with Crippen LogP contribution in [0.25, 0.3) is 21.1 Å². The topological polar surface area (TPSA) is 93.1 Å². The fourth-order valence-corrected chi connectivity index (χ4v) is 4.60. The van der Waals surface area contributed by atoms with Crippen LogP contribution in [0.15, 0.2) is 42.9 Å². The number of hydrogen-bond donors (Lipinski definition) is 0. The Kier molecular flexibility index (Phi) is 4.04. The van der Waals surface area contributed by atoms with E-state index < -0.39 is 10.0 Å². The van der Waals surface area contributed by atoms with Crippen molar-refractivity contribution in [3.05, 3.63) is 48.5 Å². The third kappa shape index (κ3) is 2.99. The normalized spacial score (nSPS) is 14.3. The lowest BCUT2D eigenvalue weighted by atomic mass is 10.1. The van der Waals surface area contributed by atoms with Gasteiger partial charge in [0, 0.05) is 37.1 Å². The number of Topliss-reactive ketones (excluding diaryl/α,β-unsaturated/α-hetero) is 1. The third-order valence-electron chi connectivity index (χ3n) is 4.02. The molecule has 3 aromatic rings. The molecule has 0 saturated heterocycles. The first kappa shape index (κ1) is 16.8. The Bertz CT molecular complexity index is 1090. The maximum absolute atomic E-state index is 12.3. The fourth-order valence-electron chi connectivity index (χ4n) is 2.80. The number of nitrogens with zero attached hydrogens (tertiary/aromatic N) is 4. The number of pyridine rings is 2. The zero-order valence-electron chi connectivity index (χ0n) is 13.8. The van der Waals surface area contributed by atoms with Crippen LogP contribution >= 0.6 is 11.3 Å². The van der Waals surface area contributed by atoms with Gasteiger partial charge in [-0.1, -0.05) is 0 Å². The van der Waals surface area contributed by atoms with Crippen molar-refractivity contribution < 1.29 is 13.2 Å². The van der Waals surface area contributed by atoms with Crippen molar-refractivity contribution in [1.29, 1.82) is 0 Å². The second-order valence-corrected chi connectivity index (χ2v) is 8.78. The van der Waals surface area contributed by atoms with Gasteiger partial charge in [-0.15, -0.1) is 11.3 Å². The van der Waals surface area contributed by atoms with Gasteiger partial charge in [0.15, 0.2) is 5.78 Å². The van der Waals surface area contributed by atoms with E-state index in [0.717, 1.165) is 21.7 Å². The minimum Gasteiger partial charge on any atom is -0.292 e. The van der Waals surface area contributed by atoms with Gasteiger partial charge in [-0.3, -0.25) is 14.1 Å². The molecule has 3 aromatic heterocycles. The number of hydrogen-bond acceptors (Lipinski definition) is 7. The molecule has 0 unspecified atom stereocenters. The summed E-state index contributed by atoms with van der Waals surface area (Å²) in [5.74, 6) is -0.154. The number of sulfonamides is 1. The van der Waals surface area contributed by atoms with E-state index >= 15 is 0 Å². The number of ketones is 1. The molecule has 0 spiro atoms. The van der Waals surface area contributed by atoms with Crippen LogP contribution in [0.5, 0.6) is 0 Å². The van der Waals surface area contributed by atoms with Crippen molar-refractivity contribution in [1.82, 2.24) is 15.0 Å². The van der Waals surface area contributed by atoms with E-state index in [2.05, 4.69) is 15.0 Å². The molecule has 4 heterocycles. The quantitative estimate of drug-likeness (QED) is 0.687. The highest BCUT2D eigenvalue weighted by atomic mass is 32.2. The molecule has 9 heteroatoms. The Labute approximate surface area is 154 Å². The Hall–Kier alpha value is -2.65. The van der Waals surface area contributed by atoms with Crippen molar-refractivity contribution in [2.75, 3.05) is 17.1 Å². The van der Waals surface area contributed by atoms with Gasteiger partial charge in [0.2, 0.25) is 10.0 Å². The van der Waals surface area contributed by atoms with Crippen LogP contribution in [0.4, 0.5) is 5.69 Å². The first-order chi connectivity index (χ1) is 12.4. The number of carbonyl (C=O) groups is 1. The maximum atomic E-state index is 12.3. The van der Waals surface area contributed by atoms with Crippen LogP contribution in [0.1, 0.15) is 16.9 Å². The Morgan fingerprint density at radius 2 is 2.04 bits per heavy atom. The summed E-state index contributed by atoms with van der Waals surface area (Å²) >= 11 is 1.44. The minimum absolute atomic E-state index is 0.125. The molecule has 132 valence electrons. The number of fused-ring (bicyclic) bond motifs is 1. The van der Waals surface area contributed by atoms with Crippen LogP contribution in [-0.4, -0.2) is 42.0 Å². The largest absolute Gasteiger partial charge is 0.292 e. The Morgan fingerprint density at radius 3 is 2.77 bits per heavy atom. The number of anilines is 1. The molecule has 1 aliphatic rings. The van der Waals surface area contributed by atoms with Crippen molar-refractivity contribution in [3.8, 4) is 21.1 Å². The van der Waals surface area contributed by atoms with Gasteiger partial charge in [0.05, 0.1) is 22.5 Å². The van der Waals surface area contributed by atoms with Gasteiger partial charge >= 0.3 is 0 Å². The second kappa shape index (κ2) is 6.26. The SMILES string of the molecule is CS(=O)(=O)N1CCC(=O)c2nc(-c3cnc(-c4cccnc4)s3)ccc21. The second-order valence-electron chi connectivity index (χ2n) is 5.84. The van der Waals surface area contributed by atoms with Crippen LogP contribution in [-0.2, 0) is 10.0 Å². The van der Waals surface area contributed by atoms with Gasteiger partial charge in [0.25, 0.3) is 0 Å². The van der Waals surface area contributed by atoms with Crippen molar-refractivity contribution >= 4 is 32.8 Å². The van der Waals surface area contributed by atoms with E-state index in [4.69, 9.17) is 0 Å². The molecule has 0 aliphatic carbocycles. The van der Waals surface area contributed by atoms with Gasteiger partial charge in [0.1, 0.15) is 10.7 Å². The average molecular weight is 386 g/mol. The summed E-state index contributed by atoms with van der Waals surface area (Å²) in [6.07, 6.45) is 6.38. The highest BCUT2D eigenvalue weighted by molar-refractivity contribution is 7.92. The summed E-state index contributed by atoms with van der Waals surface area (Å²) in [7, 11) is -3.45. The summed E-state index contributed by atoms with van der Waals surface area (Å²) in [5.41, 5.74) is 2.03. The number of thiazole rings is 1. The molecule has 0 saturated carbocycles. The zero-order valence-corrected chi connectivity index (χ0v) is 15.4. The number of aromatic nitrogens is 3. The molecule has 0 N–H and O–H groups in total. The molecule has 26 heavy (non-hydrogen) atoms. The molecule has 1 aliphatic heterocycles. The molecule has 0 amide bonds. The van der Waals surface area contributed by atoms with Crippen LogP contribution < -0.4 is 4.31 Å². The van der Waals surface area contributed by atoms with Crippen molar-refractivity contribution in [2.24, 2.45) is 0 Å². The van der Waals surface area contributed by atoms with E-state index in [0.29, 0.717) is 11.4 Å². The van der Waals surface area contributed by atoms with E-state index in [1.165, 1.54) is 15.6 Å².